The average molecular weight is 271 g/mol. The Hall–Kier alpha value is -1.69. The summed E-state index contributed by atoms with van der Waals surface area (Å²) in [5.41, 5.74) is -3.32. The second-order valence-corrected chi connectivity index (χ2v) is 5.19. The molecule has 0 amide bonds. The van der Waals surface area contributed by atoms with Crippen molar-refractivity contribution in [2.45, 2.75) is 45.3 Å². The lowest BCUT2D eigenvalue weighted by Crippen LogP contribution is -2.59. The van der Waals surface area contributed by atoms with Crippen molar-refractivity contribution in [1.29, 1.82) is 0 Å². The number of carboxylic acid groups (broad SMARTS) is 2. The molecule has 0 aromatic carbocycles. The summed E-state index contributed by atoms with van der Waals surface area (Å²) in [7, 11) is 1.27. The van der Waals surface area contributed by atoms with E-state index >= 15 is 0 Å². The van der Waals surface area contributed by atoms with Gasteiger partial charge in [0.05, 0.1) is 11.6 Å². The number of rotatable bonds is 6. The quantitative estimate of drug-likeness (QED) is 0.408. The smallest absolute Gasteiger partial charge is 0.126 e. The van der Waals surface area contributed by atoms with Gasteiger partial charge in [0.2, 0.25) is 0 Å². The van der Waals surface area contributed by atoms with Crippen molar-refractivity contribution in [3.05, 3.63) is 5.57 Å². The minimum absolute atomic E-state index is 0.542. The third kappa shape index (κ3) is 4.48. The topological polar surface area (TPSA) is 110 Å². The van der Waals surface area contributed by atoms with E-state index < -0.39 is 35.1 Å². The van der Waals surface area contributed by atoms with Gasteiger partial charge in [-0.05, 0) is 27.7 Å². The highest BCUT2D eigenvalue weighted by Gasteiger charge is 2.39. The summed E-state index contributed by atoms with van der Waals surface area (Å²) < 4.78 is 0. The molecule has 0 fully saturated rings. The monoisotopic (exact) mass is 271 g/mol. The normalized spacial score (nSPS) is 14.6. The summed E-state index contributed by atoms with van der Waals surface area (Å²) in [4.78, 5) is 38.0. The molecule has 7 nitrogen and oxygen atoms in total. The van der Waals surface area contributed by atoms with Crippen molar-refractivity contribution in [3.8, 4) is 0 Å². The van der Waals surface area contributed by atoms with Gasteiger partial charge in [-0.25, -0.2) is 4.79 Å². The highest BCUT2D eigenvalue weighted by Crippen LogP contribution is 2.26. The highest BCUT2D eigenvalue weighted by atomic mass is 16.7. The lowest BCUT2D eigenvalue weighted by Gasteiger charge is -2.42. The molecule has 0 aromatic rings. The van der Waals surface area contributed by atoms with Crippen LogP contribution in [-0.4, -0.2) is 41.1 Å². The molecule has 108 valence electrons. The number of likely N-dealkylation sites (N-methyl/N-ethyl adjacent to an activating group) is 1. The van der Waals surface area contributed by atoms with Crippen molar-refractivity contribution in [2.24, 2.45) is 0 Å². The van der Waals surface area contributed by atoms with Crippen LogP contribution >= 0.6 is 0 Å². The summed E-state index contributed by atoms with van der Waals surface area (Å²) in [6.45, 7) is 6.12. The molecule has 0 unspecified atom stereocenters. The first-order valence-corrected chi connectivity index (χ1v) is 5.54. The van der Waals surface area contributed by atoms with Gasteiger partial charge in [0, 0.05) is 25.0 Å². The van der Waals surface area contributed by atoms with Crippen LogP contribution in [0.3, 0.4) is 0 Å². The number of hydrogen-bond acceptors (Lipinski definition) is 7. The molecule has 0 aromatic heterocycles. The van der Waals surface area contributed by atoms with Gasteiger partial charge >= 0.3 is 0 Å². The molecule has 0 aliphatic rings. The van der Waals surface area contributed by atoms with Gasteiger partial charge in [-0.3, -0.25) is 4.84 Å². The standard InChI is InChI=1S/C12H19NO6/c1-11(2,3)19-13(5)12(4,10(17)18)8(7-14)6-9(15)16/h6H2,1-5H3,(H,15,16)(H,17,18)/p-2/t12-/m0/s1. The summed E-state index contributed by atoms with van der Waals surface area (Å²) >= 11 is 0. The summed E-state index contributed by atoms with van der Waals surface area (Å²) in [6, 6.07) is 0. The Balaban J connectivity index is 5.54. The van der Waals surface area contributed by atoms with Crippen LogP contribution in [0.1, 0.15) is 34.1 Å². The van der Waals surface area contributed by atoms with E-state index in [0.29, 0.717) is 0 Å². The number of hydroxylamine groups is 2. The van der Waals surface area contributed by atoms with E-state index in [9.17, 15) is 24.6 Å². The number of carbonyl (C=O) groups excluding carboxylic acids is 3. The Morgan fingerprint density at radius 1 is 1.21 bits per heavy atom. The second kappa shape index (κ2) is 5.97. The van der Waals surface area contributed by atoms with Crippen molar-refractivity contribution in [3.63, 3.8) is 0 Å². The Morgan fingerprint density at radius 2 is 1.68 bits per heavy atom. The molecular formula is C12H17NO6-2. The van der Waals surface area contributed by atoms with Gasteiger partial charge in [0.1, 0.15) is 11.5 Å². The van der Waals surface area contributed by atoms with Crippen LogP contribution in [0.15, 0.2) is 5.57 Å². The van der Waals surface area contributed by atoms with Gasteiger partial charge in [-0.15, -0.1) is 0 Å². The third-order valence-electron chi connectivity index (χ3n) is 2.47. The maximum atomic E-state index is 11.3. The molecule has 7 heteroatoms. The summed E-state index contributed by atoms with van der Waals surface area (Å²) in [6.07, 6.45) is -0.869. The first-order chi connectivity index (χ1) is 8.45. The van der Waals surface area contributed by atoms with Gasteiger partial charge in [0.15, 0.2) is 0 Å². The first kappa shape index (κ1) is 17.3. The van der Waals surface area contributed by atoms with Gasteiger partial charge < -0.3 is 19.8 Å². The Bertz CT molecular complexity index is 418. The van der Waals surface area contributed by atoms with E-state index in [1.807, 2.05) is 0 Å². The first-order valence-electron chi connectivity index (χ1n) is 5.54. The molecule has 0 rings (SSSR count). The molecule has 0 heterocycles. The predicted octanol–water partition coefficient (Wildman–Crippen LogP) is -1.95. The predicted molar refractivity (Wildman–Crippen MR) is 60.8 cm³/mol. The summed E-state index contributed by atoms with van der Waals surface area (Å²) in [5.74, 6) is -1.93. The molecular weight excluding hydrogens is 254 g/mol. The van der Waals surface area contributed by atoms with Gasteiger partial charge in [-0.2, -0.15) is 5.06 Å². The molecule has 0 aliphatic heterocycles. The van der Waals surface area contributed by atoms with Crippen LogP contribution < -0.4 is 10.2 Å². The molecule has 1 atom stereocenters. The zero-order valence-corrected chi connectivity index (χ0v) is 11.6. The fourth-order valence-corrected chi connectivity index (χ4v) is 1.40. The van der Waals surface area contributed by atoms with E-state index in [0.717, 1.165) is 12.0 Å². The number of nitrogens with zero attached hydrogens (tertiary/aromatic N) is 1. The molecule has 19 heavy (non-hydrogen) atoms. The van der Waals surface area contributed by atoms with Gasteiger partial charge in [0.25, 0.3) is 0 Å². The summed E-state index contributed by atoms with van der Waals surface area (Å²) in [5, 5.41) is 22.7. The maximum Gasteiger partial charge on any atom is 0.126 e. The van der Waals surface area contributed by atoms with E-state index in [-0.39, 0.29) is 0 Å². The van der Waals surface area contributed by atoms with Crippen LogP contribution in [0.25, 0.3) is 0 Å². The van der Waals surface area contributed by atoms with Crippen LogP contribution in [0.4, 0.5) is 0 Å². The van der Waals surface area contributed by atoms with E-state index in [1.165, 1.54) is 13.0 Å². The molecule has 0 N–H and O–H groups in total. The van der Waals surface area contributed by atoms with Crippen LogP contribution in [0.5, 0.6) is 0 Å². The number of aliphatic carboxylic acids is 2. The fourth-order valence-electron chi connectivity index (χ4n) is 1.40. The van der Waals surface area contributed by atoms with Crippen LogP contribution in [0.2, 0.25) is 0 Å². The lowest BCUT2D eigenvalue weighted by atomic mass is 9.90. The molecule has 0 saturated carbocycles. The van der Waals surface area contributed by atoms with Crippen molar-refractivity contribution in [1.82, 2.24) is 5.06 Å². The third-order valence-corrected chi connectivity index (χ3v) is 2.47. The van der Waals surface area contributed by atoms with E-state index in [1.54, 1.807) is 20.8 Å². The average Bonchev–Trinajstić information content (AvgIpc) is 2.21. The molecule has 0 aliphatic carbocycles. The zero-order chi connectivity index (χ0) is 15.4. The van der Waals surface area contributed by atoms with Crippen LogP contribution in [-0.2, 0) is 19.2 Å². The minimum atomic E-state index is -2.05. The minimum Gasteiger partial charge on any atom is -0.550 e. The zero-order valence-electron chi connectivity index (χ0n) is 11.6. The maximum absolute atomic E-state index is 11.3. The lowest BCUT2D eigenvalue weighted by molar-refractivity contribution is -0.336. The SMILES string of the molecule is CN(OC(C)(C)C)[C@](C)(C(=O)[O-])C(=C=O)CC(=O)[O-]. The fraction of sp³-hybridized carbons (Fsp3) is 0.667. The number of hydrogen-bond donors (Lipinski definition) is 0. The van der Waals surface area contributed by atoms with Crippen LogP contribution in [0, 0.1) is 0 Å². The van der Waals surface area contributed by atoms with Crippen molar-refractivity contribution < 1.29 is 29.4 Å². The molecule has 0 spiro atoms. The number of carboxylic acids is 2. The van der Waals surface area contributed by atoms with Crippen molar-refractivity contribution in [2.75, 3.05) is 7.05 Å². The molecule has 0 radical (unpaired) electrons. The van der Waals surface area contributed by atoms with E-state index in [4.69, 9.17) is 4.84 Å². The Morgan fingerprint density at radius 3 is 1.95 bits per heavy atom. The molecule has 0 bridgehead atoms. The van der Waals surface area contributed by atoms with Crippen molar-refractivity contribution >= 4 is 17.9 Å². The highest BCUT2D eigenvalue weighted by molar-refractivity contribution is 5.87. The number of carbonyl (C=O) groups is 2. The Kier molecular flexibility index (Phi) is 5.44. The molecule has 0 saturated heterocycles. The largest absolute Gasteiger partial charge is 0.550 e. The second-order valence-electron chi connectivity index (χ2n) is 5.19. The van der Waals surface area contributed by atoms with Gasteiger partial charge in [-0.1, -0.05) is 0 Å². The van der Waals surface area contributed by atoms with E-state index in [2.05, 4.69) is 0 Å². The Labute approximate surface area is 111 Å².